The molecule has 0 spiro atoms. The van der Waals surface area contributed by atoms with Crippen LogP contribution < -0.4 is 5.73 Å². The maximum absolute atomic E-state index is 13.7. The molecule has 0 amide bonds. The number of nitrogens with two attached hydrogens (primary N) is 1. The molecule has 0 aliphatic heterocycles. The molecule has 1 unspecified atom stereocenters. The van der Waals surface area contributed by atoms with Crippen molar-refractivity contribution in [2.24, 2.45) is 11.1 Å². The largest absolute Gasteiger partial charge is 0.481 e. The SMILES string of the molecule is CC(C)(CC(=O)O)CC(N)c1cc(F)c(Br)cc1F. The van der Waals surface area contributed by atoms with Crippen LogP contribution in [0.3, 0.4) is 0 Å². The second-order valence-electron chi connectivity index (χ2n) is 5.33. The van der Waals surface area contributed by atoms with Crippen LogP contribution in [0.15, 0.2) is 16.6 Å². The highest BCUT2D eigenvalue weighted by molar-refractivity contribution is 9.10. The van der Waals surface area contributed by atoms with Gasteiger partial charge < -0.3 is 10.8 Å². The van der Waals surface area contributed by atoms with E-state index in [0.29, 0.717) is 0 Å². The van der Waals surface area contributed by atoms with Gasteiger partial charge in [0.15, 0.2) is 0 Å². The number of hydrogen-bond acceptors (Lipinski definition) is 2. The highest BCUT2D eigenvalue weighted by atomic mass is 79.9. The average Bonchev–Trinajstić information content (AvgIpc) is 2.20. The smallest absolute Gasteiger partial charge is 0.303 e. The van der Waals surface area contributed by atoms with Crippen molar-refractivity contribution in [1.29, 1.82) is 0 Å². The first-order valence-electron chi connectivity index (χ1n) is 5.74. The molecular formula is C13H16BrF2NO2. The first-order chi connectivity index (χ1) is 8.62. The van der Waals surface area contributed by atoms with Crippen LogP contribution >= 0.6 is 15.9 Å². The molecule has 1 aromatic rings. The third kappa shape index (κ3) is 4.54. The molecular weight excluding hydrogens is 320 g/mol. The molecule has 0 saturated carbocycles. The van der Waals surface area contributed by atoms with Gasteiger partial charge in [0.2, 0.25) is 0 Å². The van der Waals surface area contributed by atoms with Gasteiger partial charge in [0.25, 0.3) is 0 Å². The monoisotopic (exact) mass is 335 g/mol. The fourth-order valence-electron chi connectivity index (χ4n) is 2.01. The molecule has 1 rings (SSSR count). The van der Waals surface area contributed by atoms with Gasteiger partial charge in [0, 0.05) is 11.6 Å². The zero-order valence-corrected chi connectivity index (χ0v) is 12.3. The van der Waals surface area contributed by atoms with E-state index in [1.807, 2.05) is 0 Å². The van der Waals surface area contributed by atoms with Gasteiger partial charge in [-0.3, -0.25) is 4.79 Å². The van der Waals surface area contributed by atoms with E-state index < -0.39 is 29.1 Å². The van der Waals surface area contributed by atoms with Crippen LogP contribution in [0.5, 0.6) is 0 Å². The summed E-state index contributed by atoms with van der Waals surface area (Å²) in [4.78, 5) is 10.7. The molecule has 0 saturated heterocycles. The number of aliphatic carboxylic acids is 1. The number of benzene rings is 1. The van der Waals surface area contributed by atoms with E-state index in [9.17, 15) is 13.6 Å². The average molecular weight is 336 g/mol. The second-order valence-corrected chi connectivity index (χ2v) is 6.19. The molecule has 1 atom stereocenters. The predicted octanol–water partition coefficient (Wildman–Crippen LogP) is 3.62. The van der Waals surface area contributed by atoms with Crippen molar-refractivity contribution in [2.45, 2.75) is 32.7 Å². The van der Waals surface area contributed by atoms with E-state index in [-0.39, 0.29) is 22.9 Å². The summed E-state index contributed by atoms with van der Waals surface area (Å²) in [5.74, 6) is -2.14. The molecule has 1 aromatic carbocycles. The lowest BCUT2D eigenvalue weighted by atomic mass is 9.81. The molecule has 0 bridgehead atoms. The summed E-state index contributed by atoms with van der Waals surface area (Å²) in [7, 11) is 0. The Balaban J connectivity index is 2.92. The summed E-state index contributed by atoms with van der Waals surface area (Å²) >= 11 is 2.89. The number of hydrogen-bond donors (Lipinski definition) is 2. The molecule has 106 valence electrons. The van der Waals surface area contributed by atoms with Crippen molar-refractivity contribution >= 4 is 21.9 Å². The highest BCUT2D eigenvalue weighted by Gasteiger charge is 2.27. The number of rotatable bonds is 5. The van der Waals surface area contributed by atoms with Crippen LogP contribution in [0.25, 0.3) is 0 Å². The van der Waals surface area contributed by atoms with Crippen LogP contribution in [-0.2, 0) is 4.79 Å². The quantitative estimate of drug-likeness (QED) is 0.808. The lowest BCUT2D eigenvalue weighted by Gasteiger charge is -2.26. The molecule has 19 heavy (non-hydrogen) atoms. The van der Waals surface area contributed by atoms with E-state index in [1.54, 1.807) is 13.8 Å². The van der Waals surface area contributed by atoms with Gasteiger partial charge in [-0.05, 0) is 39.9 Å². The first kappa shape index (κ1) is 16.0. The third-order valence-electron chi connectivity index (χ3n) is 2.84. The van der Waals surface area contributed by atoms with Crippen LogP contribution in [0.4, 0.5) is 8.78 Å². The maximum Gasteiger partial charge on any atom is 0.303 e. The third-order valence-corrected chi connectivity index (χ3v) is 3.45. The van der Waals surface area contributed by atoms with Crippen molar-refractivity contribution in [3.05, 3.63) is 33.8 Å². The lowest BCUT2D eigenvalue weighted by Crippen LogP contribution is -2.24. The van der Waals surface area contributed by atoms with Crippen molar-refractivity contribution in [2.75, 3.05) is 0 Å². The Hall–Kier alpha value is -1.01. The zero-order valence-electron chi connectivity index (χ0n) is 10.7. The molecule has 0 radical (unpaired) electrons. The second kappa shape index (κ2) is 5.96. The Morgan fingerprint density at radius 2 is 2.00 bits per heavy atom. The minimum atomic E-state index is -0.945. The summed E-state index contributed by atoms with van der Waals surface area (Å²) in [6.45, 7) is 3.46. The molecule has 0 heterocycles. The summed E-state index contributed by atoms with van der Waals surface area (Å²) < 4.78 is 27.2. The van der Waals surface area contributed by atoms with Gasteiger partial charge in [-0.15, -0.1) is 0 Å². The van der Waals surface area contributed by atoms with Crippen LogP contribution in [-0.4, -0.2) is 11.1 Å². The van der Waals surface area contributed by atoms with Crippen LogP contribution in [0.1, 0.15) is 38.3 Å². The number of carbonyl (C=O) groups is 1. The normalized spacial score (nSPS) is 13.4. The topological polar surface area (TPSA) is 63.3 Å². The predicted molar refractivity (Wildman–Crippen MR) is 71.6 cm³/mol. The Labute approximate surface area is 118 Å². The fraction of sp³-hybridized carbons (Fsp3) is 0.462. The van der Waals surface area contributed by atoms with Crippen molar-refractivity contribution in [1.82, 2.24) is 0 Å². The van der Waals surface area contributed by atoms with Gasteiger partial charge in [-0.25, -0.2) is 8.78 Å². The lowest BCUT2D eigenvalue weighted by molar-refractivity contribution is -0.139. The minimum absolute atomic E-state index is 0.0331. The Bertz CT molecular complexity index is 492. The minimum Gasteiger partial charge on any atom is -0.481 e. The molecule has 3 nitrogen and oxygen atoms in total. The zero-order chi connectivity index (χ0) is 14.8. The first-order valence-corrected chi connectivity index (χ1v) is 6.53. The molecule has 0 aromatic heterocycles. The summed E-state index contributed by atoms with van der Waals surface area (Å²) in [5.41, 5.74) is 5.32. The van der Waals surface area contributed by atoms with Crippen molar-refractivity contribution in [3.8, 4) is 0 Å². The van der Waals surface area contributed by atoms with E-state index >= 15 is 0 Å². The molecule has 6 heteroatoms. The van der Waals surface area contributed by atoms with E-state index in [1.165, 1.54) is 0 Å². The van der Waals surface area contributed by atoms with E-state index in [2.05, 4.69) is 15.9 Å². The van der Waals surface area contributed by atoms with E-state index in [0.717, 1.165) is 12.1 Å². The van der Waals surface area contributed by atoms with Crippen LogP contribution in [0.2, 0.25) is 0 Å². The molecule has 3 N–H and O–H groups in total. The number of carboxylic acid groups (broad SMARTS) is 1. The Kier molecular flexibility index (Phi) is 5.04. The maximum atomic E-state index is 13.7. The number of halogens is 3. The van der Waals surface area contributed by atoms with Crippen molar-refractivity contribution in [3.63, 3.8) is 0 Å². The summed E-state index contributed by atoms with van der Waals surface area (Å²) in [6.07, 6.45) is 0.165. The van der Waals surface area contributed by atoms with Gasteiger partial charge >= 0.3 is 5.97 Å². The number of carboxylic acids is 1. The Morgan fingerprint density at radius 1 is 1.42 bits per heavy atom. The molecule has 0 aliphatic rings. The summed E-state index contributed by atoms with van der Waals surface area (Å²) in [6, 6.07) is 1.31. The standard InChI is InChI=1S/C13H16BrF2NO2/c1-13(2,6-12(18)19)5-11(17)7-3-10(16)8(14)4-9(7)15/h3-4,11H,5-6,17H2,1-2H3,(H,18,19). The Morgan fingerprint density at radius 3 is 2.53 bits per heavy atom. The highest BCUT2D eigenvalue weighted by Crippen LogP contribution is 2.33. The van der Waals surface area contributed by atoms with Crippen LogP contribution in [0, 0.1) is 17.0 Å². The van der Waals surface area contributed by atoms with Gasteiger partial charge in [-0.1, -0.05) is 13.8 Å². The summed E-state index contributed by atoms with van der Waals surface area (Å²) in [5, 5.41) is 8.79. The van der Waals surface area contributed by atoms with Gasteiger partial charge in [0.1, 0.15) is 11.6 Å². The molecule has 0 fully saturated rings. The molecule has 0 aliphatic carbocycles. The van der Waals surface area contributed by atoms with Crippen molar-refractivity contribution < 1.29 is 18.7 Å². The van der Waals surface area contributed by atoms with Gasteiger partial charge in [-0.2, -0.15) is 0 Å². The van der Waals surface area contributed by atoms with E-state index in [4.69, 9.17) is 10.8 Å². The van der Waals surface area contributed by atoms with Gasteiger partial charge in [0.05, 0.1) is 10.9 Å². The fourth-order valence-corrected chi connectivity index (χ4v) is 2.32.